The summed E-state index contributed by atoms with van der Waals surface area (Å²) >= 11 is 0. The summed E-state index contributed by atoms with van der Waals surface area (Å²) in [6.45, 7) is 0.403. The van der Waals surface area contributed by atoms with E-state index in [0.29, 0.717) is 25.8 Å². The number of hydrogen-bond acceptors (Lipinski definition) is 2. The highest BCUT2D eigenvalue weighted by atomic mass is 19.4. The quantitative estimate of drug-likeness (QED) is 0.585. The third-order valence-corrected chi connectivity index (χ3v) is 3.20. The van der Waals surface area contributed by atoms with Crippen molar-refractivity contribution in [3.8, 4) is 0 Å². The monoisotopic (exact) mass is 308 g/mol. The standard InChI is InChI=1S/C13H19F3N2O3/c14-13(15,16)10-5-8-18(9-6-10)12(21)17-7-3-1-2-4-11(19)20/h5H,1-4,6-9H2,(H,17,21)(H,19,20). The first-order chi connectivity index (χ1) is 9.80. The molecule has 0 aliphatic carbocycles. The van der Waals surface area contributed by atoms with Crippen LogP contribution in [0.5, 0.6) is 0 Å². The number of hydrogen-bond donors (Lipinski definition) is 2. The molecule has 0 fully saturated rings. The zero-order valence-electron chi connectivity index (χ0n) is 11.6. The van der Waals surface area contributed by atoms with Crippen LogP contribution in [0.3, 0.4) is 0 Å². The normalized spacial score (nSPS) is 15.6. The summed E-state index contributed by atoms with van der Waals surface area (Å²) < 4.78 is 37.3. The smallest absolute Gasteiger partial charge is 0.412 e. The van der Waals surface area contributed by atoms with Crippen molar-refractivity contribution >= 4 is 12.0 Å². The van der Waals surface area contributed by atoms with Crippen LogP contribution < -0.4 is 5.32 Å². The number of unbranched alkanes of at least 4 members (excludes halogenated alkanes) is 2. The summed E-state index contributed by atoms with van der Waals surface area (Å²) in [5.74, 6) is -0.848. The Bertz CT molecular complexity index is 408. The van der Waals surface area contributed by atoms with E-state index in [1.54, 1.807) is 0 Å². The van der Waals surface area contributed by atoms with Crippen LogP contribution in [0.1, 0.15) is 32.1 Å². The van der Waals surface area contributed by atoms with E-state index in [1.807, 2.05) is 0 Å². The molecule has 0 unspecified atom stereocenters. The molecular formula is C13H19F3N2O3. The number of halogens is 3. The number of nitrogens with zero attached hydrogens (tertiary/aromatic N) is 1. The van der Waals surface area contributed by atoms with Gasteiger partial charge in [0.15, 0.2) is 0 Å². The molecule has 120 valence electrons. The number of carbonyl (C=O) groups excluding carboxylic acids is 1. The van der Waals surface area contributed by atoms with Gasteiger partial charge in [-0.05, 0) is 19.3 Å². The Morgan fingerprint density at radius 1 is 1.29 bits per heavy atom. The predicted octanol–water partition coefficient (Wildman–Crippen LogP) is 2.54. The van der Waals surface area contributed by atoms with Crippen molar-refractivity contribution in [3.05, 3.63) is 11.6 Å². The van der Waals surface area contributed by atoms with Gasteiger partial charge < -0.3 is 15.3 Å². The van der Waals surface area contributed by atoms with Crippen molar-refractivity contribution in [2.24, 2.45) is 0 Å². The lowest BCUT2D eigenvalue weighted by Crippen LogP contribution is -2.43. The SMILES string of the molecule is O=C(O)CCCCCNC(=O)N1CC=C(C(F)(F)F)CC1. The average molecular weight is 308 g/mol. The Balaban J connectivity index is 2.20. The third kappa shape index (κ3) is 6.50. The molecule has 2 amide bonds. The minimum atomic E-state index is -4.31. The van der Waals surface area contributed by atoms with Crippen LogP contribution in [0.2, 0.25) is 0 Å². The molecule has 1 heterocycles. The number of nitrogens with one attached hydrogen (secondary N) is 1. The Kier molecular flexibility index (Phi) is 6.51. The van der Waals surface area contributed by atoms with Crippen LogP contribution in [0, 0.1) is 0 Å². The van der Waals surface area contributed by atoms with Crippen LogP contribution >= 0.6 is 0 Å². The molecule has 1 aliphatic rings. The minimum absolute atomic E-state index is 0.0420. The fraction of sp³-hybridized carbons (Fsp3) is 0.692. The van der Waals surface area contributed by atoms with Gasteiger partial charge in [0.2, 0.25) is 0 Å². The maximum Gasteiger partial charge on any atom is 0.412 e. The molecule has 0 aromatic carbocycles. The molecule has 0 spiro atoms. The van der Waals surface area contributed by atoms with E-state index in [1.165, 1.54) is 4.90 Å². The Hall–Kier alpha value is -1.73. The first-order valence-corrected chi connectivity index (χ1v) is 6.81. The van der Waals surface area contributed by atoms with Gasteiger partial charge in [-0.25, -0.2) is 4.79 Å². The zero-order chi connectivity index (χ0) is 15.9. The van der Waals surface area contributed by atoms with E-state index in [-0.39, 0.29) is 32.0 Å². The summed E-state index contributed by atoms with van der Waals surface area (Å²) in [4.78, 5) is 23.3. The van der Waals surface area contributed by atoms with E-state index in [4.69, 9.17) is 5.11 Å². The fourth-order valence-corrected chi connectivity index (χ4v) is 2.00. The fourth-order valence-electron chi connectivity index (χ4n) is 2.00. The van der Waals surface area contributed by atoms with Crippen LogP contribution in [-0.2, 0) is 4.79 Å². The molecule has 0 aromatic heterocycles. The van der Waals surface area contributed by atoms with Crippen LogP contribution in [0.25, 0.3) is 0 Å². The molecule has 5 nitrogen and oxygen atoms in total. The molecule has 1 aliphatic heterocycles. The molecule has 0 aromatic rings. The topological polar surface area (TPSA) is 69.6 Å². The highest BCUT2D eigenvalue weighted by Crippen LogP contribution is 2.29. The number of amides is 2. The predicted molar refractivity (Wildman–Crippen MR) is 69.8 cm³/mol. The molecule has 0 saturated carbocycles. The number of rotatable bonds is 6. The van der Waals surface area contributed by atoms with Gasteiger partial charge in [0.25, 0.3) is 0 Å². The highest BCUT2D eigenvalue weighted by molar-refractivity contribution is 5.74. The third-order valence-electron chi connectivity index (χ3n) is 3.20. The summed E-state index contributed by atoms with van der Waals surface area (Å²) in [6, 6.07) is -0.384. The van der Waals surface area contributed by atoms with E-state index in [2.05, 4.69) is 5.32 Å². The highest BCUT2D eigenvalue weighted by Gasteiger charge is 2.35. The van der Waals surface area contributed by atoms with Crippen molar-refractivity contribution < 1.29 is 27.9 Å². The van der Waals surface area contributed by atoms with Gasteiger partial charge in [0.1, 0.15) is 0 Å². The lowest BCUT2D eigenvalue weighted by atomic mass is 10.1. The minimum Gasteiger partial charge on any atom is -0.481 e. The second-order valence-electron chi connectivity index (χ2n) is 4.86. The molecule has 0 atom stereocenters. The van der Waals surface area contributed by atoms with Crippen LogP contribution in [-0.4, -0.2) is 47.8 Å². The first-order valence-electron chi connectivity index (χ1n) is 6.81. The van der Waals surface area contributed by atoms with Gasteiger partial charge in [-0.2, -0.15) is 13.2 Å². The molecule has 1 rings (SSSR count). The van der Waals surface area contributed by atoms with E-state index < -0.39 is 17.7 Å². The summed E-state index contributed by atoms with van der Waals surface area (Å²) in [5, 5.41) is 11.1. The largest absolute Gasteiger partial charge is 0.481 e. The summed E-state index contributed by atoms with van der Waals surface area (Å²) in [7, 11) is 0. The van der Waals surface area contributed by atoms with E-state index in [9.17, 15) is 22.8 Å². The first kappa shape index (κ1) is 17.3. The zero-order valence-corrected chi connectivity index (χ0v) is 11.6. The Labute approximate surface area is 120 Å². The van der Waals surface area contributed by atoms with Crippen LogP contribution in [0.4, 0.5) is 18.0 Å². The lowest BCUT2D eigenvalue weighted by molar-refractivity contribution is -0.137. The number of carboxylic acid groups (broad SMARTS) is 1. The average Bonchev–Trinajstić information content (AvgIpc) is 2.41. The Morgan fingerprint density at radius 3 is 2.52 bits per heavy atom. The second-order valence-corrected chi connectivity index (χ2v) is 4.86. The maximum absolute atomic E-state index is 12.4. The van der Waals surface area contributed by atoms with Gasteiger partial charge >= 0.3 is 18.2 Å². The van der Waals surface area contributed by atoms with Gasteiger partial charge in [-0.3, -0.25) is 4.79 Å². The number of carboxylic acids is 1. The van der Waals surface area contributed by atoms with Gasteiger partial charge in [0, 0.05) is 31.6 Å². The summed E-state index contributed by atoms with van der Waals surface area (Å²) in [5.41, 5.74) is -0.583. The van der Waals surface area contributed by atoms with Crippen molar-refractivity contribution in [1.82, 2.24) is 10.2 Å². The molecule has 0 radical (unpaired) electrons. The summed E-state index contributed by atoms with van der Waals surface area (Å²) in [6.07, 6.45) is -1.48. The van der Waals surface area contributed by atoms with Gasteiger partial charge in [0.05, 0.1) is 0 Å². The number of alkyl halides is 3. The molecule has 2 N–H and O–H groups in total. The van der Waals surface area contributed by atoms with Crippen molar-refractivity contribution in [1.29, 1.82) is 0 Å². The second kappa shape index (κ2) is 7.90. The van der Waals surface area contributed by atoms with Gasteiger partial charge in [-0.15, -0.1) is 0 Å². The van der Waals surface area contributed by atoms with Crippen molar-refractivity contribution in [2.75, 3.05) is 19.6 Å². The van der Waals surface area contributed by atoms with E-state index in [0.717, 1.165) is 6.08 Å². The van der Waals surface area contributed by atoms with E-state index >= 15 is 0 Å². The Morgan fingerprint density at radius 2 is 2.00 bits per heavy atom. The molecular weight excluding hydrogens is 289 g/mol. The molecule has 0 bridgehead atoms. The van der Waals surface area contributed by atoms with Crippen molar-refractivity contribution in [3.63, 3.8) is 0 Å². The number of carbonyl (C=O) groups is 2. The molecule has 8 heteroatoms. The van der Waals surface area contributed by atoms with Gasteiger partial charge in [-0.1, -0.05) is 12.5 Å². The maximum atomic E-state index is 12.4. The van der Waals surface area contributed by atoms with Crippen molar-refractivity contribution in [2.45, 2.75) is 38.3 Å². The molecule has 0 saturated heterocycles. The number of urea groups is 1. The molecule has 21 heavy (non-hydrogen) atoms. The lowest BCUT2D eigenvalue weighted by Gasteiger charge is -2.27. The number of aliphatic carboxylic acids is 1. The van der Waals surface area contributed by atoms with Crippen LogP contribution in [0.15, 0.2) is 11.6 Å².